The molecule has 0 radical (unpaired) electrons. The number of nitrogens with zero attached hydrogens (tertiary/aromatic N) is 1. The molecule has 1 aliphatic heterocycles. The zero-order chi connectivity index (χ0) is 11.5. The summed E-state index contributed by atoms with van der Waals surface area (Å²) in [7, 11) is 0. The van der Waals surface area contributed by atoms with Crippen LogP contribution in [0.5, 0.6) is 0 Å². The van der Waals surface area contributed by atoms with E-state index in [2.05, 4.69) is 10.3 Å². The van der Waals surface area contributed by atoms with E-state index in [9.17, 15) is 4.79 Å². The van der Waals surface area contributed by atoms with E-state index in [0.29, 0.717) is 5.17 Å². The van der Waals surface area contributed by atoms with Gasteiger partial charge in [0.2, 0.25) is 5.91 Å². The Morgan fingerprint density at radius 3 is 2.81 bits per heavy atom. The Kier molecular flexibility index (Phi) is 3.29. The van der Waals surface area contributed by atoms with Gasteiger partial charge in [0, 0.05) is 0 Å². The molecular formula is C12H14N2OS. The summed E-state index contributed by atoms with van der Waals surface area (Å²) in [6, 6.07) is 7.89. The summed E-state index contributed by atoms with van der Waals surface area (Å²) in [6.45, 7) is 4.02. The number of aryl methyl sites for hydroxylation is 1. The first kappa shape index (κ1) is 11.2. The summed E-state index contributed by atoms with van der Waals surface area (Å²) >= 11 is 1.51. The Morgan fingerprint density at radius 2 is 2.19 bits per heavy atom. The summed E-state index contributed by atoms with van der Waals surface area (Å²) in [6.07, 6.45) is 0.837. The van der Waals surface area contributed by atoms with E-state index < -0.39 is 0 Å². The molecule has 1 atom stereocenters. The average Bonchev–Trinajstić information content (AvgIpc) is 2.62. The fourth-order valence-electron chi connectivity index (χ4n) is 1.52. The van der Waals surface area contributed by atoms with Crippen LogP contribution >= 0.6 is 11.8 Å². The Bertz CT molecular complexity index is 442. The molecular weight excluding hydrogens is 220 g/mol. The topological polar surface area (TPSA) is 41.5 Å². The monoisotopic (exact) mass is 234 g/mol. The van der Waals surface area contributed by atoms with E-state index in [-0.39, 0.29) is 11.2 Å². The van der Waals surface area contributed by atoms with Crippen molar-refractivity contribution in [3.63, 3.8) is 0 Å². The van der Waals surface area contributed by atoms with Crippen LogP contribution in [0.25, 0.3) is 0 Å². The molecule has 1 aliphatic rings. The zero-order valence-electron chi connectivity index (χ0n) is 9.36. The minimum absolute atomic E-state index is 0.0165. The number of thioether (sulfide) groups is 1. The van der Waals surface area contributed by atoms with E-state index in [1.54, 1.807) is 0 Å². The highest BCUT2D eigenvalue weighted by Crippen LogP contribution is 2.26. The van der Waals surface area contributed by atoms with Gasteiger partial charge in [-0.15, -0.1) is 0 Å². The van der Waals surface area contributed by atoms with Crippen molar-refractivity contribution in [1.29, 1.82) is 0 Å². The second kappa shape index (κ2) is 4.70. The predicted molar refractivity (Wildman–Crippen MR) is 68.1 cm³/mol. The Labute approximate surface area is 99.3 Å². The van der Waals surface area contributed by atoms with Crippen LogP contribution in [0, 0.1) is 6.92 Å². The van der Waals surface area contributed by atoms with Crippen LogP contribution in [0.2, 0.25) is 0 Å². The molecule has 1 N–H and O–H groups in total. The van der Waals surface area contributed by atoms with Gasteiger partial charge >= 0.3 is 0 Å². The maximum atomic E-state index is 11.5. The number of rotatable bonds is 2. The summed E-state index contributed by atoms with van der Waals surface area (Å²) in [4.78, 5) is 15.9. The molecule has 16 heavy (non-hydrogen) atoms. The van der Waals surface area contributed by atoms with Crippen LogP contribution < -0.4 is 5.32 Å². The first-order valence-corrected chi connectivity index (χ1v) is 6.20. The maximum Gasteiger partial charge on any atom is 0.239 e. The van der Waals surface area contributed by atoms with Crippen LogP contribution in [-0.2, 0) is 4.79 Å². The normalized spacial score (nSPS) is 22.5. The number of amides is 1. The molecule has 0 bridgehead atoms. The number of aliphatic imine (C=N–C) groups is 1. The third-order valence-corrected chi connectivity index (χ3v) is 3.73. The van der Waals surface area contributed by atoms with Crippen molar-refractivity contribution in [2.24, 2.45) is 4.99 Å². The van der Waals surface area contributed by atoms with Crippen molar-refractivity contribution < 1.29 is 4.79 Å². The molecule has 1 saturated heterocycles. The van der Waals surface area contributed by atoms with E-state index in [1.165, 1.54) is 11.8 Å². The van der Waals surface area contributed by atoms with Crippen molar-refractivity contribution >= 4 is 28.5 Å². The fourth-order valence-corrected chi connectivity index (χ4v) is 2.44. The lowest BCUT2D eigenvalue weighted by Gasteiger charge is -2.00. The molecule has 0 aliphatic carbocycles. The molecule has 1 amide bonds. The second-order valence-corrected chi connectivity index (χ2v) is 4.90. The quantitative estimate of drug-likeness (QED) is 0.854. The highest BCUT2D eigenvalue weighted by molar-refractivity contribution is 8.15. The van der Waals surface area contributed by atoms with Crippen molar-refractivity contribution in [2.75, 3.05) is 0 Å². The lowest BCUT2D eigenvalue weighted by Crippen LogP contribution is -2.24. The van der Waals surface area contributed by atoms with Gasteiger partial charge in [-0.3, -0.25) is 4.79 Å². The number of hydrogen-bond acceptors (Lipinski definition) is 3. The van der Waals surface area contributed by atoms with Gasteiger partial charge in [0.05, 0.1) is 10.9 Å². The van der Waals surface area contributed by atoms with Gasteiger partial charge in [-0.1, -0.05) is 36.9 Å². The van der Waals surface area contributed by atoms with Crippen molar-refractivity contribution in [3.05, 3.63) is 29.8 Å². The Balaban J connectivity index is 2.21. The molecule has 2 rings (SSSR count). The van der Waals surface area contributed by atoms with E-state index in [1.807, 2.05) is 38.1 Å². The largest absolute Gasteiger partial charge is 0.304 e. The Hall–Kier alpha value is -1.29. The third kappa shape index (κ3) is 2.27. The lowest BCUT2D eigenvalue weighted by molar-refractivity contribution is -0.118. The van der Waals surface area contributed by atoms with E-state index in [0.717, 1.165) is 17.7 Å². The number of carbonyl (C=O) groups is 1. The fraction of sp³-hybridized carbons (Fsp3) is 0.333. The summed E-state index contributed by atoms with van der Waals surface area (Å²) in [5, 5.41) is 3.54. The van der Waals surface area contributed by atoms with E-state index >= 15 is 0 Å². The summed E-state index contributed by atoms with van der Waals surface area (Å²) in [5.41, 5.74) is 2.03. The van der Waals surface area contributed by atoms with Crippen molar-refractivity contribution in [1.82, 2.24) is 5.32 Å². The van der Waals surface area contributed by atoms with Crippen LogP contribution in [-0.4, -0.2) is 16.3 Å². The molecule has 1 aromatic rings. The van der Waals surface area contributed by atoms with Gasteiger partial charge in [-0.2, -0.15) is 0 Å². The maximum absolute atomic E-state index is 11.5. The van der Waals surface area contributed by atoms with Gasteiger partial charge in [0.15, 0.2) is 5.17 Å². The molecule has 0 aromatic heterocycles. The van der Waals surface area contributed by atoms with Crippen molar-refractivity contribution in [3.8, 4) is 0 Å². The van der Waals surface area contributed by atoms with Gasteiger partial charge in [-0.05, 0) is 25.0 Å². The number of benzene rings is 1. The third-order valence-electron chi connectivity index (χ3n) is 2.48. The predicted octanol–water partition coefficient (Wildman–Crippen LogP) is 2.62. The summed E-state index contributed by atoms with van der Waals surface area (Å²) < 4.78 is 0. The van der Waals surface area contributed by atoms with Crippen LogP contribution in [0.1, 0.15) is 18.9 Å². The average molecular weight is 234 g/mol. The SMILES string of the molecule is CC[C@@H]1SC(=Nc2ccccc2C)NC1=O. The zero-order valence-corrected chi connectivity index (χ0v) is 10.2. The number of amidine groups is 1. The highest BCUT2D eigenvalue weighted by atomic mass is 32.2. The molecule has 1 aromatic carbocycles. The minimum Gasteiger partial charge on any atom is -0.304 e. The van der Waals surface area contributed by atoms with Crippen LogP contribution in [0.15, 0.2) is 29.3 Å². The second-order valence-electron chi connectivity index (χ2n) is 3.71. The molecule has 3 nitrogen and oxygen atoms in total. The molecule has 4 heteroatoms. The molecule has 1 heterocycles. The number of carbonyl (C=O) groups excluding carboxylic acids is 1. The minimum atomic E-state index is 0.0165. The number of hydrogen-bond donors (Lipinski definition) is 1. The van der Waals surface area contributed by atoms with Gasteiger partial charge in [0.25, 0.3) is 0 Å². The van der Waals surface area contributed by atoms with Crippen LogP contribution in [0.3, 0.4) is 0 Å². The highest BCUT2D eigenvalue weighted by Gasteiger charge is 2.28. The summed E-state index contributed by atoms with van der Waals surface area (Å²) in [5.74, 6) is 0.0693. The molecule has 0 unspecified atom stereocenters. The molecule has 0 saturated carbocycles. The Morgan fingerprint density at radius 1 is 1.44 bits per heavy atom. The first-order valence-electron chi connectivity index (χ1n) is 5.32. The smallest absolute Gasteiger partial charge is 0.239 e. The molecule has 84 valence electrons. The van der Waals surface area contributed by atoms with Crippen molar-refractivity contribution in [2.45, 2.75) is 25.5 Å². The molecule has 1 fully saturated rings. The van der Waals surface area contributed by atoms with E-state index in [4.69, 9.17) is 0 Å². The lowest BCUT2D eigenvalue weighted by atomic mass is 10.2. The van der Waals surface area contributed by atoms with Gasteiger partial charge in [-0.25, -0.2) is 4.99 Å². The molecule has 0 spiro atoms. The standard InChI is InChI=1S/C12H14N2OS/c1-3-10-11(15)14-12(16-10)13-9-7-5-4-6-8(9)2/h4-7,10H,3H2,1-2H3,(H,13,14,15)/t10-/m0/s1. The van der Waals surface area contributed by atoms with Crippen LogP contribution in [0.4, 0.5) is 5.69 Å². The first-order chi connectivity index (χ1) is 7.70. The van der Waals surface area contributed by atoms with Gasteiger partial charge < -0.3 is 5.32 Å². The number of para-hydroxylation sites is 1. The van der Waals surface area contributed by atoms with Gasteiger partial charge in [0.1, 0.15) is 0 Å². The number of nitrogens with one attached hydrogen (secondary N) is 1.